The molecular weight excluding hydrogens is 314 g/mol. The summed E-state index contributed by atoms with van der Waals surface area (Å²) in [7, 11) is 0. The number of fused-ring (bicyclic) bond motifs is 5. The van der Waals surface area contributed by atoms with E-state index in [1.54, 1.807) is 18.6 Å². The summed E-state index contributed by atoms with van der Waals surface area (Å²) in [4.78, 5) is 5.44. The summed E-state index contributed by atoms with van der Waals surface area (Å²) in [6.07, 6.45) is 22.0. The molecule has 0 aromatic heterocycles. The minimum atomic E-state index is 0.469. The lowest BCUT2D eigenvalue weighted by Crippen LogP contribution is -2.52. The molecule has 1 unspecified atom stereocenters. The van der Waals surface area contributed by atoms with Crippen molar-refractivity contribution in [2.24, 2.45) is 39.5 Å². The van der Waals surface area contributed by atoms with Crippen molar-refractivity contribution in [1.29, 1.82) is 0 Å². The minimum Gasteiger partial charge on any atom is -0.290 e. The van der Waals surface area contributed by atoms with Gasteiger partial charge in [-0.2, -0.15) is 0 Å². The fourth-order valence-corrected chi connectivity index (χ4v) is 8.73. The van der Waals surface area contributed by atoms with Crippen molar-refractivity contribution in [1.82, 2.24) is 0 Å². The van der Waals surface area contributed by atoms with E-state index < -0.39 is 0 Å². The lowest BCUT2D eigenvalue weighted by Gasteiger charge is -2.60. The van der Waals surface area contributed by atoms with Crippen molar-refractivity contribution < 1.29 is 0 Å². The van der Waals surface area contributed by atoms with Gasteiger partial charge in [-0.05, 0) is 93.3 Å². The average Bonchev–Trinajstić information content (AvgIpc) is 2.98. The molecule has 5 rings (SSSR count). The van der Waals surface area contributed by atoms with E-state index in [-0.39, 0.29) is 0 Å². The Hall–Kier alpha value is -0.330. The number of nitrogens with zero attached hydrogens (tertiary/aromatic N) is 1. The van der Waals surface area contributed by atoms with Gasteiger partial charge in [-0.15, -0.1) is 0 Å². The molecule has 0 amide bonds. The molecule has 0 N–H and O–H groups in total. The third kappa shape index (κ3) is 2.66. The summed E-state index contributed by atoms with van der Waals surface area (Å²) in [6.45, 7) is 5.35. The van der Waals surface area contributed by atoms with E-state index in [2.05, 4.69) is 13.8 Å². The van der Waals surface area contributed by atoms with Gasteiger partial charge in [0, 0.05) is 17.2 Å². The van der Waals surface area contributed by atoms with Crippen LogP contribution in [-0.2, 0) is 0 Å². The topological polar surface area (TPSA) is 12.4 Å². The maximum atomic E-state index is 5.44. The molecule has 5 aliphatic rings. The second kappa shape index (κ2) is 6.63. The van der Waals surface area contributed by atoms with Crippen LogP contribution in [0.4, 0.5) is 0 Å². The maximum Gasteiger partial charge on any atom is 0.0499 e. The number of aliphatic imine (C=N–C) groups is 1. The van der Waals surface area contributed by atoms with Crippen LogP contribution in [0.25, 0.3) is 0 Å². The fourth-order valence-electron chi connectivity index (χ4n) is 8.73. The van der Waals surface area contributed by atoms with Crippen molar-refractivity contribution in [2.75, 3.05) is 0 Å². The standard InChI is InChI=1S/C25H41N/c1-24-16-7-6-8-18(24)11-12-20-21-13-14-23(25(21,2)17-15-22(20)24)26-19-9-4-3-5-10-19/h18-22H,3-17H2,1-2H3/t18?,20-,21-,22-,24-,25-/m0/s1. The predicted molar refractivity (Wildman–Crippen MR) is 111 cm³/mol. The molecule has 0 saturated heterocycles. The van der Waals surface area contributed by atoms with Crippen LogP contribution in [0.1, 0.15) is 110 Å². The highest BCUT2D eigenvalue weighted by Gasteiger charge is 2.58. The third-order valence-electron chi connectivity index (χ3n) is 10.2. The van der Waals surface area contributed by atoms with Gasteiger partial charge in [0.1, 0.15) is 0 Å². The second-order valence-electron chi connectivity index (χ2n) is 11.3. The van der Waals surface area contributed by atoms with Gasteiger partial charge in [-0.3, -0.25) is 4.99 Å². The van der Waals surface area contributed by atoms with Gasteiger partial charge in [0.05, 0.1) is 0 Å². The first-order chi connectivity index (χ1) is 12.6. The monoisotopic (exact) mass is 355 g/mol. The molecule has 0 aromatic rings. The molecule has 0 radical (unpaired) electrons. The molecule has 0 aliphatic heterocycles. The molecule has 0 spiro atoms. The fraction of sp³-hybridized carbons (Fsp3) is 0.960. The minimum absolute atomic E-state index is 0.469. The highest BCUT2D eigenvalue weighted by atomic mass is 14.8. The first-order valence-electron chi connectivity index (χ1n) is 12.2. The summed E-state index contributed by atoms with van der Waals surface area (Å²) < 4.78 is 0. The van der Waals surface area contributed by atoms with E-state index in [4.69, 9.17) is 4.99 Å². The average molecular weight is 356 g/mol. The van der Waals surface area contributed by atoms with E-state index in [1.807, 2.05) is 0 Å². The quantitative estimate of drug-likeness (QED) is 0.472. The molecule has 146 valence electrons. The molecule has 5 aliphatic carbocycles. The number of rotatable bonds is 1. The third-order valence-corrected chi connectivity index (χ3v) is 10.2. The molecule has 0 bridgehead atoms. The lowest BCUT2D eigenvalue weighted by molar-refractivity contribution is -0.0936. The summed E-state index contributed by atoms with van der Waals surface area (Å²) in [5.74, 6) is 4.07. The van der Waals surface area contributed by atoms with Crippen molar-refractivity contribution in [3.05, 3.63) is 0 Å². The molecule has 1 nitrogen and oxygen atoms in total. The molecule has 5 fully saturated rings. The molecule has 1 heteroatoms. The van der Waals surface area contributed by atoms with Crippen LogP contribution in [0.5, 0.6) is 0 Å². The Balaban J connectivity index is 1.39. The molecule has 5 saturated carbocycles. The van der Waals surface area contributed by atoms with E-state index in [9.17, 15) is 0 Å². The normalized spacial score (nSPS) is 50.9. The summed E-state index contributed by atoms with van der Waals surface area (Å²) in [5, 5.41) is 0. The van der Waals surface area contributed by atoms with Crippen LogP contribution in [-0.4, -0.2) is 11.8 Å². The Morgan fingerprint density at radius 3 is 2.38 bits per heavy atom. The van der Waals surface area contributed by atoms with Crippen LogP contribution in [0, 0.1) is 34.5 Å². The largest absolute Gasteiger partial charge is 0.290 e. The van der Waals surface area contributed by atoms with Crippen molar-refractivity contribution in [3.63, 3.8) is 0 Å². The summed E-state index contributed by atoms with van der Waals surface area (Å²) in [5.41, 5.74) is 2.83. The molecule has 6 atom stereocenters. The smallest absolute Gasteiger partial charge is 0.0499 e. The zero-order chi connectivity index (χ0) is 17.8. The first kappa shape index (κ1) is 17.7. The van der Waals surface area contributed by atoms with Gasteiger partial charge in [0.15, 0.2) is 0 Å². The van der Waals surface area contributed by atoms with Crippen LogP contribution < -0.4 is 0 Å². The van der Waals surface area contributed by atoms with E-state index in [0.717, 1.165) is 23.7 Å². The zero-order valence-electron chi connectivity index (χ0n) is 17.4. The first-order valence-corrected chi connectivity index (χ1v) is 12.2. The molecule has 0 aromatic carbocycles. The van der Waals surface area contributed by atoms with E-state index in [0.29, 0.717) is 16.9 Å². The van der Waals surface area contributed by atoms with E-state index in [1.165, 1.54) is 83.5 Å². The van der Waals surface area contributed by atoms with Gasteiger partial charge in [0.2, 0.25) is 0 Å². The van der Waals surface area contributed by atoms with Gasteiger partial charge in [0.25, 0.3) is 0 Å². The van der Waals surface area contributed by atoms with Gasteiger partial charge in [-0.1, -0.05) is 46.0 Å². The van der Waals surface area contributed by atoms with Crippen LogP contribution >= 0.6 is 0 Å². The Bertz CT molecular complexity index is 559. The lowest BCUT2D eigenvalue weighted by atomic mass is 9.45. The van der Waals surface area contributed by atoms with E-state index >= 15 is 0 Å². The van der Waals surface area contributed by atoms with Crippen molar-refractivity contribution in [2.45, 2.75) is 116 Å². The highest BCUT2D eigenvalue weighted by Crippen LogP contribution is 2.65. The maximum absolute atomic E-state index is 5.44. The van der Waals surface area contributed by atoms with Crippen molar-refractivity contribution in [3.8, 4) is 0 Å². The highest BCUT2D eigenvalue weighted by molar-refractivity contribution is 5.92. The van der Waals surface area contributed by atoms with Gasteiger partial charge in [-0.25, -0.2) is 0 Å². The number of hydrogen-bond donors (Lipinski definition) is 0. The summed E-state index contributed by atoms with van der Waals surface area (Å²) in [6, 6.07) is 0.679. The predicted octanol–water partition coefficient (Wildman–Crippen LogP) is 7.19. The second-order valence-corrected chi connectivity index (χ2v) is 11.3. The molecule has 26 heavy (non-hydrogen) atoms. The molecular formula is C25H41N. The van der Waals surface area contributed by atoms with Crippen LogP contribution in [0.15, 0.2) is 4.99 Å². The Morgan fingerprint density at radius 1 is 0.731 bits per heavy atom. The zero-order valence-corrected chi connectivity index (χ0v) is 17.4. The Labute approximate surface area is 161 Å². The SMILES string of the molecule is C[C@]12CCCCC1CC[C@@H]1[C@@H]2CC[C@]2(C)C(=NC3CCCCC3)CC[C@@H]12. The number of hydrogen-bond acceptors (Lipinski definition) is 1. The Kier molecular flexibility index (Phi) is 4.52. The van der Waals surface area contributed by atoms with Gasteiger partial charge >= 0.3 is 0 Å². The van der Waals surface area contributed by atoms with Crippen LogP contribution in [0.3, 0.4) is 0 Å². The Morgan fingerprint density at radius 2 is 1.54 bits per heavy atom. The van der Waals surface area contributed by atoms with Gasteiger partial charge < -0.3 is 0 Å². The summed E-state index contributed by atoms with van der Waals surface area (Å²) >= 11 is 0. The van der Waals surface area contributed by atoms with Crippen LogP contribution in [0.2, 0.25) is 0 Å². The van der Waals surface area contributed by atoms with Crippen molar-refractivity contribution >= 4 is 5.71 Å². The molecule has 0 heterocycles.